The minimum atomic E-state index is -3.65. The summed E-state index contributed by atoms with van der Waals surface area (Å²) in [4.78, 5) is 7.55. The Kier molecular flexibility index (Phi) is 4.47. The molecule has 6 nitrogen and oxygen atoms in total. The minimum absolute atomic E-state index is 0.0494. The second kappa shape index (κ2) is 6.31. The van der Waals surface area contributed by atoms with Crippen molar-refractivity contribution in [3.05, 3.63) is 46.5 Å². The second-order valence-electron chi connectivity index (χ2n) is 6.49. The molecular formula is C18H24N4O2S. The van der Waals surface area contributed by atoms with E-state index in [1.54, 1.807) is 18.5 Å². The lowest BCUT2D eigenvalue weighted by atomic mass is 10.0. The topological polar surface area (TPSA) is 79.8 Å². The maximum absolute atomic E-state index is 12.5. The molecule has 3 rings (SSSR count). The number of fused-ring (bicyclic) bond motifs is 1. The summed E-state index contributed by atoms with van der Waals surface area (Å²) in [6.07, 6.45) is 2.44. The molecule has 2 N–H and O–H groups in total. The van der Waals surface area contributed by atoms with Gasteiger partial charge in [-0.3, -0.25) is 0 Å². The third-order valence-electron chi connectivity index (χ3n) is 4.66. The van der Waals surface area contributed by atoms with Crippen molar-refractivity contribution in [3.8, 4) is 0 Å². The van der Waals surface area contributed by atoms with Crippen LogP contribution < -0.4 is 4.72 Å². The standard InChI is InChI=1S/C18H24N4O2S/c1-6-16-12(3)15-8-11(2)7-14(18(15)21-16)9-19-25(23,24)17-10-22(5)13(4)20-17/h7-8,10,19,21H,6,9H2,1-5H3. The predicted molar refractivity (Wildman–Crippen MR) is 99.1 cm³/mol. The summed E-state index contributed by atoms with van der Waals surface area (Å²) >= 11 is 0. The molecule has 0 unspecified atom stereocenters. The van der Waals surface area contributed by atoms with Crippen LogP contribution in [0.15, 0.2) is 23.4 Å². The lowest BCUT2D eigenvalue weighted by Gasteiger charge is -2.07. The van der Waals surface area contributed by atoms with Gasteiger partial charge < -0.3 is 9.55 Å². The Morgan fingerprint density at radius 1 is 1.24 bits per heavy atom. The van der Waals surface area contributed by atoms with Crippen molar-refractivity contribution >= 4 is 20.9 Å². The molecule has 1 aromatic carbocycles. The van der Waals surface area contributed by atoms with Gasteiger partial charge >= 0.3 is 0 Å². The Morgan fingerprint density at radius 2 is 1.96 bits per heavy atom. The number of aromatic amines is 1. The maximum atomic E-state index is 12.5. The van der Waals surface area contributed by atoms with Crippen LogP contribution in [0.1, 0.15) is 35.1 Å². The van der Waals surface area contributed by atoms with E-state index in [-0.39, 0.29) is 11.6 Å². The minimum Gasteiger partial charge on any atom is -0.358 e. The Labute approximate surface area is 148 Å². The SMILES string of the molecule is CCc1[nH]c2c(CNS(=O)(=O)c3cn(C)c(C)n3)cc(C)cc2c1C. The molecule has 0 aliphatic carbocycles. The van der Waals surface area contributed by atoms with E-state index in [1.807, 2.05) is 13.0 Å². The molecule has 0 amide bonds. The molecule has 25 heavy (non-hydrogen) atoms. The fourth-order valence-corrected chi connectivity index (χ4v) is 4.15. The van der Waals surface area contributed by atoms with E-state index in [4.69, 9.17) is 0 Å². The fourth-order valence-electron chi connectivity index (χ4n) is 3.11. The molecule has 2 heterocycles. The first-order valence-electron chi connectivity index (χ1n) is 8.33. The van der Waals surface area contributed by atoms with Crippen LogP contribution in [0.2, 0.25) is 0 Å². The monoisotopic (exact) mass is 360 g/mol. The predicted octanol–water partition coefficient (Wildman–Crippen LogP) is 2.87. The number of hydrogen-bond acceptors (Lipinski definition) is 3. The molecular weight excluding hydrogens is 336 g/mol. The number of rotatable bonds is 5. The Morgan fingerprint density at radius 3 is 2.56 bits per heavy atom. The highest BCUT2D eigenvalue weighted by Gasteiger charge is 2.19. The summed E-state index contributed by atoms with van der Waals surface area (Å²) in [7, 11) is -1.87. The molecule has 0 fully saturated rings. The highest BCUT2D eigenvalue weighted by molar-refractivity contribution is 7.89. The smallest absolute Gasteiger partial charge is 0.259 e. The highest BCUT2D eigenvalue weighted by Crippen LogP contribution is 2.27. The van der Waals surface area contributed by atoms with Gasteiger partial charge in [0.2, 0.25) is 0 Å². The van der Waals surface area contributed by atoms with Crippen LogP contribution in [-0.4, -0.2) is 23.0 Å². The first kappa shape index (κ1) is 17.7. The molecule has 0 radical (unpaired) electrons. The number of nitrogens with zero attached hydrogens (tertiary/aromatic N) is 2. The number of sulfonamides is 1. The van der Waals surface area contributed by atoms with Gasteiger partial charge in [-0.15, -0.1) is 0 Å². The third kappa shape index (κ3) is 3.21. The average Bonchev–Trinajstić information content (AvgIpc) is 3.06. The van der Waals surface area contributed by atoms with E-state index in [9.17, 15) is 8.42 Å². The molecule has 7 heteroatoms. The zero-order chi connectivity index (χ0) is 18.4. The molecule has 0 bridgehead atoms. The summed E-state index contributed by atoms with van der Waals surface area (Å²) in [6, 6.07) is 4.16. The molecule has 3 aromatic rings. The molecule has 0 aliphatic rings. The molecule has 0 spiro atoms. The molecule has 0 saturated heterocycles. The van der Waals surface area contributed by atoms with Gasteiger partial charge in [0.25, 0.3) is 10.0 Å². The summed E-state index contributed by atoms with van der Waals surface area (Å²) in [5.74, 6) is 0.658. The first-order chi connectivity index (χ1) is 11.7. The van der Waals surface area contributed by atoms with Gasteiger partial charge in [-0.25, -0.2) is 18.1 Å². The Balaban J connectivity index is 1.95. The highest BCUT2D eigenvalue weighted by atomic mass is 32.2. The van der Waals surface area contributed by atoms with Crippen LogP contribution in [0, 0.1) is 20.8 Å². The van der Waals surface area contributed by atoms with E-state index < -0.39 is 10.0 Å². The number of benzene rings is 1. The average molecular weight is 360 g/mol. The van der Waals surface area contributed by atoms with Gasteiger partial charge in [-0.05, 0) is 44.4 Å². The van der Waals surface area contributed by atoms with Crippen molar-refractivity contribution in [2.45, 2.75) is 45.7 Å². The van der Waals surface area contributed by atoms with Gasteiger partial charge in [0.05, 0.1) is 5.52 Å². The van der Waals surface area contributed by atoms with Crippen LogP contribution in [0.3, 0.4) is 0 Å². The second-order valence-corrected chi connectivity index (χ2v) is 8.20. The first-order valence-corrected chi connectivity index (χ1v) is 9.81. The lowest BCUT2D eigenvalue weighted by Crippen LogP contribution is -2.23. The van der Waals surface area contributed by atoms with Crippen LogP contribution in [0.25, 0.3) is 10.9 Å². The number of hydrogen-bond donors (Lipinski definition) is 2. The lowest BCUT2D eigenvalue weighted by molar-refractivity contribution is 0.578. The van der Waals surface area contributed by atoms with E-state index in [0.29, 0.717) is 5.82 Å². The molecule has 2 aromatic heterocycles. The largest absolute Gasteiger partial charge is 0.358 e. The summed E-state index contributed by atoms with van der Waals surface area (Å²) in [5.41, 5.74) is 5.46. The fraction of sp³-hybridized carbons (Fsp3) is 0.389. The van der Waals surface area contributed by atoms with E-state index in [0.717, 1.165) is 28.5 Å². The quantitative estimate of drug-likeness (QED) is 0.734. The van der Waals surface area contributed by atoms with Crippen molar-refractivity contribution in [2.75, 3.05) is 0 Å². The van der Waals surface area contributed by atoms with Gasteiger partial charge in [0, 0.05) is 30.9 Å². The van der Waals surface area contributed by atoms with Crippen LogP contribution in [-0.2, 0) is 30.0 Å². The Bertz CT molecular complexity index is 1030. The molecule has 0 atom stereocenters. The van der Waals surface area contributed by atoms with Crippen molar-refractivity contribution in [1.29, 1.82) is 0 Å². The molecule has 134 valence electrons. The van der Waals surface area contributed by atoms with Crippen molar-refractivity contribution in [1.82, 2.24) is 19.3 Å². The number of aromatic nitrogens is 3. The summed E-state index contributed by atoms with van der Waals surface area (Å²) in [6.45, 7) is 8.23. The number of imidazole rings is 1. The van der Waals surface area contributed by atoms with Gasteiger partial charge in [-0.1, -0.05) is 18.6 Å². The van der Waals surface area contributed by atoms with E-state index in [1.165, 1.54) is 17.5 Å². The van der Waals surface area contributed by atoms with Gasteiger partial charge in [0.15, 0.2) is 5.03 Å². The molecule has 0 saturated carbocycles. The third-order valence-corrected chi connectivity index (χ3v) is 5.94. The number of nitrogens with one attached hydrogen (secondary N) is 2. The van der Waals surface area contributed by atoms with Gasteiger partial charge in [-0.2, -0.15) is 0 Å². The van der Waals surface area contributed by atoms with Crippen molar-refractivity contribution < 1.29 is 8.42 Å². The maximum Gasteiger partial charge on any atom is 0.259 e. The zero-order valence-electron chi connectivity index (χ0n) is 15.3. The van der Waals surface area contributed by atoms with Crippen molar-refractivity contribution in [3.63, 3.8) is 0 Å². The van der Waals surface area contributed by atoms with Crippen LogP contribution in [0.5, 0.6) is 0 Å². The van der Waals surface area contributed by atoms with E-state index in [2.05, 4.69) is 34.6 Å². The normalized spacial score (nSPS) is 12.2. The summed E-state index contributed by atoms with van der Waals surface area (Å²) in [5, 5.41) is 1.20. The van der Waals surface area contributed by atoms with E-state index >= 15 is 0 Å². The van der Waals surface area contributed by atoms with Crippen molar-refractivity contribution in [2.24, 2.45) is 7.05 Å². The summed E-state index contributed by atoms with van der Waals surface area (Å²) < 4.78 is 29.4. The van der Waals surface area contributed by atoms with Crippen LogP contribution in [0.4, 0.5) is 0 Å². The van der Waals surface area contributed by atoms with Crippen LogP contribution >= 0.6 is 0 Å². The zero-order valence-corrected chi connectivity index (χ0v) is 16.1. The Hall–Kier alpha value is -2.12. The number of H-pyrrole nitrogens is 1. The number of aryl methyl sites for hydroxylation is 5. The molecule has 0 aliphatic heterocycles. The van der Waals surface area contributed by atoms with Gasteiger partial charge in [0.1, 0.15) is 5.82 Å².